The van der Waals surface area contributed by atoms with Gasteiger partial charge in [-0.1, -0.05) is 257 Å². The topological polar surface area (TPSA) is 118 Å². The van der Waals surface area contributed by atoms with E-state index >= 15 is 0 Å². The van der Waals surface area contributed by atoms with Gasteiger partial charge in [-0.3, -0.25) is 4.98 Å². The Hall–Kier alpha value is -9.86. The molecule has 0 unspecified atom stereocenters. The first-order valence-corrected chi connectivity index (χ1v) is 44.3. The fraction of sp³-hybridized carbons (Fsp3) is 0.356. The third-order valence-corrected chi connectivity index (χ3v) is 25.0. The zero-order valence-corrected chi connectivity index (χ0v) is 81.8. The third kappa shape index (κ3) is 21.7. The maximum absolute atomic E-state index is 9.36. The Balaban J connectivity index is 0.000000184. The van der Waals surface area contributed by atoms with Gasteiger partial charge in [0.25, 0.3) is 0 Å². The fourth-order valence-corrected chi connectivity index (χ4v) is 17.5. The Morgan fingerprint density at radius 3 is 1.13 bits per heavy atom. The number of aryl methyl sites for hydroxylation is 6. The minimum atomic E-state index is -2.34. The number of para-hydroxylation sites is 1. The molecule has 6 aromatic heterocycles. The summed E-state index contributed by atoms with van der Waals surface area (Å²) in [6.07, 6.45) is 11.8. The molecule has 2 aliphatic rings. The average Bonchev–Trinajstić information content (AvgIpc) is 1.45. The van der Waals surface area contributed by atoms with Gasteiger partial charge in [-0.05, 0) is 272 Å². The van der Waals surface area contributed by atoms with Gasteiger partial charge in [-0.15, -0.1) is 89.0 Å². The van der Waals surface area contributed by atoms with Crippen LogP contribution in [0, 0.1) is 70.1 Å². The Bertz CT molecular complexity index is 6880. The summed E-state index contributed by atoms with van der Waals surface area (Å²) in [5.41, 5.74) is 20.9. The number of fused-ring (bicyclic) bond motifs is 10. The van der Waals surface area contributed by atoms with Gasteiger partial charge < -0.3 is 34.0 Å². The number of hydrogen-bond acceptors (Lipinski definition) is 8. The van der Waals surface area contributed by atoms with Crippen LogP contribution in [0.3, 0.4) is 0 Å². The van der Waals surface area contributed by atoms with E-state index in [-0.39, 0.29) is 108 Å². The van der Waals surface area contributed by atoms with Gasteiger partial charge in [0.15, 0.2) is 0 Å². The molecule has 0 saturated heterocycles. The molecule has 2 N–H and O–H groups in total. The van der Waals surface area contributed by atoms with Crippen molar-refractivity contribution >= 4 is 65.4 Å². The van der Waals surface area contributed by atoms with Gasteiger partial charge in [0, 0.05) is 139 Å². The van der Waals surface area contributed by atoms with E-state index in [1.165, 1.54) is 48.0 Å². The van der Waals surface area contributed by atoms with Gasteiger partial charge >= 0.3 is 0 Å². The zero-order chi connectivity index (χ0) is 107. The van der Waals surface area contributed by atoms with E-state index in [2.05, 4.69) is 222 Å². The smallest absolute Gasteiger partial charge is 0.144 e. The van der Waals surface area contributed by atoms with E-state index in [1.807, 2.05) is 78.9 Å². The molecule has 0 aliphatic heterocycles. The molecule has 670 valence electrons. The maximum atomic E-state index is 9.36. The van der Waals surface area contributed by atoms with E-state index in [0.29, 0.717) is 105 Å². The molecule has 0 atom stereocenters. The number of nitrogens with zero attached hydrogens (tertiary/aromatic N) is 4. The van der Waals surface area contributed by atoms with Crippen LogP contribution in [-0.2, 0) is 40.2 Å². The van der Waals surface area contributed by atoms with Crippen LogP contribution in [0.5, 0.6) is 0 Å². The van der Waals surface area contributed by atoms with Crippen LogP contribution < -0.4 is 0 Å². The molecule has 8 nitrogen and oxygen atoms in total. The number of aliphatic hydroxyl groups is 2. The SMILES string of the molecule is CO.CO.[2H]C([2H])([2H])c1c[c-]c(-c2cc(-c3c(C(C)C)cc(C(C)C)cc3C(C)C)c(C([2H])([2H])[2H])cn2)cc1.[2H]C([2H])([2H])c1c[c-]c(-c2cc(-c3c(C(C)C)cc(C(C)C)cc3C(C)C)c(C([2H])([2H])[2H])cn2)cc1.[2H]C([2H])([2H])c1cnc(-c2[c-]ccc3c2oc2c4ccccc4ccc32)cc1C1([2H])CCC(C)(C)CC1.[2H]C([2H])([2H])c1cnc(-c2cccc3c2oc2c4ccccc4ccc32)cc1C1([2H])CCC(C)(C)CC1.[Ir].[Ir]. The minimum Gasteiger partial charge on any atom is -0.500 e. The zero-order valence-electron chi connectivity index (χ0n) is 97.0. The second-order valence-corrected chi connectivity index (χ2v) is 36.9. The molecule has 18 rings (SSSR count). The first-order chi connectivity index (χ1) is 68.3. The molecule has 10 aromatic carbocycles. The van der Waals surface area contributed by atoms with Crippen molar-refractivity contribution in [3.8, 4) is 67.3 Å². The van der Waals surface area contributed by atoms with E-state index in [4.69, 9.17) is 43.7 Å². The Morgan fingerprint density at radius 1 is 0.359 bits per heavy atom. The van der Waals surface area contributed by atoms with E-state index in [9.17, 15) is 2.74 Å². The number of pyridine rings is 4. The second-order valence-electron chi connectivity index (χ2n) is 36.9. The quantitative estimate of drug-likeness (QED) is 0.103. The Labute approximate surface area is 818 Å². The molecular formula is C118H133Ir2N4O4-3. The summed E-state index contributed by atoms with van der Waals surface area (Å²) in [7, 11) is 2.00. The van der Waals surface area contributed by atoms with Crippen molar-refractivity contribution < 1.29 is 86.7 Å². The Morgan fingerprint density at radius 2 is 0.734 bits per heavy atom. The normalized spacial score (nSPS) is 17.2. The van der Waals surface area contributed by atoms with Crippen LogP contribution in [0.1, 0.15) is 315 Å². The molecule has 2 fully saturated rings. The first-order valence-electron chi connectivity index (χ1n) is 54.3. The van der Waals surface area contributed by atoms with E-state index in [0.717, 1.165) is 139 Å². The van der Waals surface area contributed by atoms with Gasteiger partial charge in [-0.25, -0.2) is 0 Å². The molecule has 2 radical (unpaired) electrons. The van der Waals surface area contributed by atoms with E-state index < -0.39 is 52.9 Å². The fourth-order valence-electron chi connectivity index (χ4n) is 17.5. The molecule has 0 amide bonds. The van der Waals surface area contributed by atoms with Crippen molar-refractivity contribution in [2.24, 2.45) is 10.8 Å². The van der Waals surface area contributed by atoms with Gasteiger partial charge in [0.05, 0.1) is 11.3 Å². The minimum absolute atomic E-state index is 0. The van der Waals surface area contributed by atoms with E-state index in [1.54, 1.807) is 24.3 Å². The van der Waals surface area contributed by atoms with Crippen LogP contribution in [0.2, 0.25) is 0 Å². The average molecular weight is 2080 g/mol. The van der Waals surface area contributed by atoms with Crippen LogP contribution in [0.4, 0.5) is 0 Å². The van der Waals surface area contributed by atoms with Crippen LogP contribution in [0.15, 0.2) is 222 Å². The number of hydrogen-bond donors (Lipinski definition) is 2. The molecule has 0 spiro atoms. The molecule has 2 aliphatic carbocycles. The summed E-state index contributed by atoms with van der Waals surface area (Å²) in [4.78, 5) is 18.1. The van der Waals surface area contributed by atoms with Crippen molar-refractivity contribution in [3.63, 3.8) is 0 Å². The second kappa shape index (κ2) is 42.8. The van der Waals surface area contributed by atoms with Crippen molar-refractivity contribution in [2.75, 3.05) is 14.2 Å². The van der Waals surface area contributed by atoms with Crippen molar-refractivity contribution in [3.05, 3.63) is 309 Å². The van der Waals surface area contributed by atoms with Crippen molar-refractivity contribution in [1.82, 2.24) is 19.9 Å². The third-order valence-electron chi connectivity index (χ3n) is 25.0. The number of benzene rings is 10. The largest absolute Gasteiger partial charge is 0.500 e. The number of rotatable bonds is 14. The summed E-state index contributed by atoms with van der Waals surface area (Å²) in [5.74, 6) is -0.468. The summed E-state index contributed by atoms with van der Waals surface area (Å²) in [6.45, 7) is 20.8. The summed E-state index contributed by atoms with van der Waals surface area (Å²) < 4.78 is 175. The first kappa shape index (κ1) is 73.9. The van der Waals surface area contributed by atoms with Gasteiger partial charge in [-0.2, -0.15) is 0 Å². The van der Waals surface area contributed by atoms with Gasteiger partial charge in [0.1, 0.15) is 16.7 Å². The van der Waals surface area contributed by atoms with Crippen molar-refractivity contribution in [2.45, 2.75) is 251 Å². The predicted molar refractivity (Wildman–Crippen MR) is 535 cm³/mol. The number of furan rings is 2. The number of aliphatic hydroxyl groups excluding tert-OH is 2. The maximum Gasteiger partial charge on any atom is 0.144 e. The molecular weight excluding hydrogens is 1920 g/mol. The molecule has 10 heteroatoms. The van der Waals surface area contributed by atoms with Crippen LogP contribution in [0.25, 0.3) is 133 Å². The summed E-state index contributed by atoms with van der Waals surface area (Å²) in [6, 6.07) is 69.4. The molecule has 16 aromatic rings. The summed E-state index contributed by atoms with van der Waals surface area (Å²) >= 11 is 0. The molecule has 128 heavy (non-hydrogen) atoms. The van der Waals surface area contributed by atoms with Gasteiger partial charge in [0.2, 0.25) is 0 Å². The predicted octanol–water partition coefficient (Wildman–Crippen LogP) is 33.0. The number of aromatic nitrogens is 4. The Kier molecular flexibility index (Phi) is 24.7. The van der Waals surface area contributed by atoms with Crippen molar-refractivity contribution in [1.29, 1.82) is 0 Å². The monoisotopic (exact) mass is 2080 g/mol. The van der Waals surface area contributed by atoms with Crippen LogP contribution in [-0.4, -0.2) is 44.4 Å². The molecule has 0 bridgehead atoms. The standard InChI is InChI=1S/C30H29NO.C30H28NO.2C28H34N.2CH4O.2Ir/c2*1-19-18-31-27(17-26(19)21-13-15-30(2,3)16-14-21)25-10-6-9-23-24-12-11-20-7-4-5-8-22(20)28(24)32-29(23)25;2*1-17(2)23-13-24(18(3)4)28(25(14-23)19(5)6)26-15-27(29-16-21(26)8)22-11-9-20(7)10-12-22;2*1-2;;/h4-12,17-18,21H,13-16H2,1-3H3;4-9,11-12,17-18,21H,13-16H2,1-3H3;2*9-11,13-19H,1-8H3;2*2H,1H3;;/q;3*-1;;;;/i2*1D3,21D;2*7D3,8D3;;;;. The molecule has 2 saturated carbocycles. The van der Waals surface area contributed by atoms with Crippen LogP contribution >= 0.6 is 0 Å². The molecule has 6 heterocycles. The summed E-state index contributed by atoms with van der Waals surface area (Å²) in [5, 5.41) is 22.3.